The van der Waals surface area contributed by atoms with Gasteiger partial charge in [-0.25, -0.2) is 9.97 Å². The maximum absolute atomic E-state index is 5.70. The largest absolute Gasteiger partial charge is 0.376 e. The molecule has 2 aromatic rings. The third kappa shape index (κ3) is 2.64. The summed E-state index contributed by atoms with van der Waals surface area (Å²) < 4.78 is 5.70. The van der Waals surface area contributed by atoms with Gasteiger partial charge in [0.05, 0.1) is 11.5 Å². The Bertz CT molecular complexity index is 634. The lowest BCUT2D eigenvalue weighted by atomic mass is 10.1. The van der Waals surface area contributed by atoms with Crippen molar-refractivity contribution in [3.05, 3.63) is 16.8 Å². The molecule has 5 heteroatoms. The molecule has 1 aliphatic carbocycles. The molecule has 0 radical (unpaired) electrons. The number of ether oxygens (including phenoxy) is 1. The monoisotopic (exact) mass is 303 g/mol. The van der Waals surface area contributed by atoms with Crippen molar-refractivity contribution in [1.29, 1.82) is 0 Å². The minimum absolute atomic E-state index is 0.340. The van der Waals surface area contributed by atoms with E-state index in [2.05, 4.69) is 15.3 Å². The van der Waals surface area contributed by atoms with E-state index in [-0.39, 0.29) is 0 Å². The molecule has 4 nitrogen and oxygen atoms in total. The standard InChI is InChI=1S/C16H21N3OS/c1-2-6-12-13(7-3-1)21-16-14(12)15(18-10-19-16)17-9-11-5-4-8-20-11/h10-11H,1-9H2,(H,17,18,19). The van der Waals surface area contributed by atoms with Crippen LogP contribution in [0.3, 0.4) is 0 Å². The van der Waals surface area contributed by atoms with E-state index in [0.29, 0.717) is 6.10 Å². The quantitative estimate of drug-likeness (QED) is 0.881. The summed E-state index contributed by atoms with van der Waals surface area (Å²) in [5, 5.41) is 4.79. The van der Waals surface area contributed by atoms with E-state index in [1.54, 1.807) is 6.33 Å². The van der Waals surface area contributed by atoms with Gasteiger partial charge in [-0.2, -0.15) is 0 Å². The second kappa shape index (κ2) is 5.89. The molecule has 1 N–H and O–H groups in total. The first kappa shape index (κ1) is 13.5. The topological polar surface area (TPSA) is 47.0 Å². The minimum atomic E-state index is 0.340. The highest BCUT2D eigenvalue weighted by Gasteiger charge is 2.20. The zero-order chi connectivity index (χ0) is 14.1. The molecule has 112 valence electrons. The van der Waals surface area contributed by atoms with Gasteiger partial charge in [0.2, 0.25) is 0 Å². The Morgan fingerprint density at radius 1 is 1.19 bits per heavy atom. The van der Waals surface area contributed by atoms with Crippen LogP contribution in [0.25, 0.3) is 10.2 Å². The van der Waals surface area contributed by atoms with Gasteiger partial charge in [-0.15, -0.1) is 11.3 Å². The van der Waals surface area contributed by atoms with Crippen molar-refractivity contribution < 1.29 is 4.74 Å². The van der Waals surface area contributed by atoms with Crippen LogP contribution in [0.2, 0.25) is 0 Å². The molecule has 1 atom stereocenters. The number of aromatic nitrogens is 2. The minimum Gasteiger partial charge on any atom is -0.376 e. The van der Waals surface area contributed by atoms with Crippen LogP contribution in [-0.2, 0) is 17.6 Å². The van der Waals surface area contributed by atoms with Gasteiger partial charge in [0.25, 0.3) is 0 Å². The molecule has 0 amide bonds. The second-order valence-corrected chi connectivity index (χ2v) is 7.07. The van der Waals surface area contributed by atoms with E-state index in [9.17, 15) is 0 Å². The number of nitrogens with one attached hydrogen (secondary N) is 1. The lowest BCUT2D eigenvalue weighted by molar-refractivity contribution is 0.120. The average Bonchev–Trinajstić information content (AvgIpc) is 3.08. The van der Waals surface area contributed by atoms with Gasteiger partial charge in [0, 0.05) is 18.0 Å². The molecular weight excluding hydrogens is 282 g/mol. The number of hydrogen-bond donors (Lipinski definition) is 1. The number of hydrogen-bond acceptors (Lipinski definition) is 5. The summed E-state index contributed by atoms with van der Waals surface area (Å²) >= 11 is 1.86. The lowest BCUT2D eigenvalue weighted by Gasteiger charge is -2.12. The summed E-state index contributed by atoms with van der Waals surface area (Å²) in [6.07, 6.45) is 10.7. The first-order valence-electron chi connectivity index (χ1n) is 8.02. The van der Waals surface area contributed by atoms with E-state index in [0.717, 1.165) is 30.2 Å². The van der Waals surface area contributed by atoms with Gasteiger partial charge in [0.15, 0.2) is 0 Å². The first-order valence-corrected chi connectivity index (χ1v) is 8.84. The van der Waals surface area contributed by atoms with Gasteiger partial charge in [-0.1, -0.05) is 6.42 Å². The Hall–Kier alpha value is -1.20. The molecule has 1 aliphatic heterocycles. The van der Waals surface area contributed by atoms with Crippen LogP contribution < -0.4 is 5.32 Å². The molecule has 0 aromatic carbocycles. The summed E-state index contributed by atoms with van der Waals surface area (Å²) in [6, 6.07) is 0. The van der Waals surface area contributed by atoms with E-state index in [1.807, 2.05) is 11.3 Å². The van der Waals surface area contributed by atoms with Crippen molar-refractivity contribution in [2.75, 3.05) is 18.5 Å². The summed E-state index contributed by atoms with van der Waals surface area (Å²) in [4.78, 5) is 11.7. The van der Waals surface area contributed by atoms with Crippen molar-refractivity contribution >= 4 is 27.4 Å². The average molecular weight is 303 g/mol. The number of thiophene rings is 1. The van der Waals surface area contributed by atoms with E-state index >= 15 is 0 Å². The molecular formula is C16H21N3OS. The van der Waals surface area contributed by atoms with Crippen molar-refractivity contribution in [3.63, 3.8) is 0 Å². The van der Waals surface area contributed by atoms with Crippen LogP contribution >= 0.6 is 11.3 Å². The maximum atomic E-state index is 5.70. The SMILES string of the molecule is c1nc(NCC2CCCO2)c2c3c(sc2n1)CCCCC3. The predicted molar refractivity (Wildman–Crippen MR) is 86.1 cm³/mol. The molecule has 1 fully saturated rings. The maximum Gasteiger partial charge on any atom is 0.138 e. The van der Waals surface area contributed by atoms with Gasteiger partial charge < -0.3 is 10.1 Å². The van der Waals surface area contributed by atoms with Crippen molar-refractivity contribution in [2.45, 2.75) is 51.0 Å². The van der Waals surface area contributed by atoms with E-state index in [1.165, 1.54) is 54.4 Å². The molecule has 4 rings (SSSR count). The van der Waals surface area contributed by atoms with Gasteiger partial charge in [-0.3, -0.25) is 0 Å². The lowest BCUT2D eigenvalue weighted by Crippen LogP contribution is -2.19. The summed E-state index contributed by atoms with van der Waals surface area (Å²) in [5.74, 6) is 1.01. The van der Waals surface area contributed by atoms with Gasteiger partial charge >= 0.3 is 0 Å². The number of anilines is 1. The molecule has 0 spiro atoms. The molecule has 3 heterocycles. The highest BCUT2D eigenvalue weighted by atomic mass is 32.1. The van der Waals surface area contributed by atoms with E-state index < -0.39 is 0 Å². The predicted octanol–water partition coefficient (Wildman–Crippen LogP) is 3.55. The second-order valence-electron chi connectivity index (χ2n) is 5.98. The van der Waals surface area contributed by atoms with E-state index in [4.69, 9.17) is 4.74 Å². The van der Waals surface area contributed by atoms with Crippen molar-refractivity contribution in [2.24, 2.45) is 0 Å². The van der Waals surface area contributed by atoms with Crippen LogP contribution in [0, 0.1) is 0 Å². The smallest absolute Gasteiger partial charge is 0.138 e. The third-order valence-electron chi connectivity index (χ3n) is 4.52. The molecule has 2 aliphatic rings. The fourth-order valence-corrected chi connectivity index (χ4v) is 4.65. The highest BCUT2D eigenvalue weighted by Crippen LogP contribution is 2.37. The molecule has 2 aromatic heterocycles. The van der Waals surface area contributed by atoms with Crippen molar-refractivity contribution in [3.8, 4) is 0 Å². The van der Waals surface area contributed by atoms with Crippen LogP contribution in [0.4, 0.5) is 5.82 Å². The summed E-state index contributed by atoms with van der Waals surface area (Å²) in [5.41, 5.74) is 1.50. The summed E-state index contributed by atoms with van der Waals surface area (Å²) in [6.45, 7) is 1.76. The van der Waals surface area contributed by atoms with Crippen LogP contribution in [0.5, 0.6) is 0 Å². The summed E-state index contributed by atoms with van der Waals surface area (Å²) in [7, 11) is 0. The number of fused-ring (bicyclic) bond motifs is 3. The highest BCUT2D eigenvalue weighted by molar-refractivity contribution is 7.18. The Morgan fingerprint density at radius 2 is 2.14 bits per heavy atom. The molecule has 1 saturated heterocycles. The molecule has 0 saturated carbocycles. The number of rotatable bonds is 3. The van der Waals surface area contributed by atoms with Gasteiger partial charge in [-0.05, 0) is 44.1 Å². The normalized spacial score (nSPS) is 22.2. The first-order chi connectivity index (χ1) is 10.4. The Kier molecular flexibility index (Phi) is 3.78. The number of aryl methyl sites for hydroxylation is 2. The zero-order valence-electron chi connectivity index (χ0n) is 12.2. The Labute approximate surface area is 128 Å². The fraction of sp³-hybridized carbons (Fsp3) is 0.625. The van der Waals surface area contributed by atoms with Gasteiger partial charge in [0.1, 0.15) is 17.0 Å². The third-order valence-corrected chi connectivity index (χ3v) is 5.72. The molecule has 1 unspecified atom stereocenters. The van der Waals surface area contributed by atoms with Crippen LogP contribution in [-0.4, -0.2) is 29.2 Å². The molecule has 21 heavy (non-hydrogen) atoms. The van der Waals surface area contributed by atoms with Crippen LogP contribution in [0.15, 0.2) is 6.33 Å². The fourth-order valence-electron chi connectivity index (χ4n) is 3.42. The van der Waals surface area contributed by atoms with Crippen molar-refractivity contribution in [1.82, 2.24) is 9.97 Å². The zero-order valence-corrected chi connectivity index (χ0v) is 13.0. The van der Waals surface area contributed by atoms with Crippen LogP contribution in [0.1, 0.15) is 42.5 Å². The Morgan fingerprint density at radius 3 is 3.05 bits per heavy atom. The number of nitrogens with zero attached hydrogens (tertiary/aromatic N) is 2. The Balaban J connectivity index is 1.65. The molecule has 0 bridgehead atoms.